The van der Waals surface area contributed by atoms with Gasteiger partial charge in [0.15, 0.2) is 0 Å². The van der Waals surface area contributed by atoms with Crippen molar-refractivity contribution in [2.75, 3.05) is 18.5 Å². The van der Waals surface area contributed by atoms with Gasteiger partial charge in [-0.3, -0.25) is 4.79 Å². The number of carbonyl (C=O) groups excluding carboxylic acids is 1. The van der Waals surface area contributed by atoms with Crippen LogP contribution >= 0.6 is 34.8 Å². The fourth-order valence-electron chi connectivity index (χ4n) is 2.10. The monoisotopic (exact) mass is 306 g/mol. The van der Waals surface area contributed by atoms with Crippen LogP contribution in [0.4, 0.5) is 5.69 Å². The second-order valence-electron chi connectivity index (χ2n) is 4.19. The van der Waals surface area contributed by atoms with Crippen LogP contribution in [0, 0.1) is 0 Å². The second-order valence-corrected chi connectivity index (χ2v) is 5.41. The van der Waals surface area contributed by atoms with E-state index in [1.165, 1.54) is 0 Å². The SMILES string of the molecule is CNC1CCCN(c2cc(Cl)c(Cl)cc2Cl)C1=O. The smallest absolute Gasteiger partial charge is 0.244 e. The molecule has 1 atom stereocenters. The summed E-state index contributed by atoms with van der Waals surface area (Å²) in [6.45, 7) is 0.648. The first-order valence-electron chi connectivity index (χ1n) is 5.67. The first-order chi connectivity index (χ1) is 8.54. The number of benzene rings is 1. The molecule has 0 aliphatic carbocycles. The van der Waals surface area contributed by atoms with Crippen LogP contribution in [0.15, 0.2) is 12.1 Å². The van der Waals surface area contributed by atoms with E-state index in [2.05, 4.69) is 5.32 Å². The summed E-state index contributed by atoms with van der Waals surface area (Å²) < 4.78 is 0. The first kappa shape index (κ1) is 13.9. The van der Waals surface area contributed by atoms with Gasteiger partial charge in [0.2, 0.25) is 5.91 Å². The molecule has 1 unspecified atom stereocenters. The van der Waals surface area contributed by atoms with Crippen molar-refractivity contribution in [2.45, 2.75) is 18.9 Å². The van der Waals surface area contributed by atoms with Crippen LogP contribution in [0.3, 0.4) is 0 Å². The zero-order chi connectivity index (χ0) is 13.3. The Hall–Kier alpha value is -0.480. The summed E-state index contributed by atoms with van der Waals surface area (Å²) in [5.41, 5.74) is 0.621. The number of nitrogens with zero attached hydrogens (tertiary/aromatic N) is 1. The summed E-state index contributed by atoms with van der Waals surface area (Å²) >= 11 is 18.0. The number of halogens is 3. The molecule has 1 aromatic carbocycles. The molecule has 1 aromatic rings. The van der Waals surface area contributed by atoms with Crippen LogP contribution in [0.25, 0.3) is 0 Å². The normalized spacial score (nSPS) is 20.3. The highest BCUT2D eigenvalue weighted by Crippen LogP contribution is 2.35. The van der Waals surface area contributed by atoms with Crippen molar-refractivity contribution in [1.82, 2.24) is 5.32 Å². The first-order valence-corrected chi connectivity index (χ1v) is 6.81. The van der Waals surface area contributed by atoms with Crippen LogP contribution in [0.5, 0.6) is 0 Å². The summed E-state index contributed by atoms with van der Waals surface area (Å²) in [6.07, 6.45) is 1.76. The number of piperidine rings is 1. The molecule has 1 N–H and O–H groups in total. The van der Waals surface area contributed by atoms with E-state index in [0.717, 1.165) is 12.8 Å². The van der Waals surface area contributed by atoms with Gasteiger partial charge in [0.05, 0.1) is 26.8 Å². The maximum absolute atomic E-state index is 12.2. The molecule has 18 heavy (non-hydrogen) atoms. The van der Waals surface area contributed by atoms with Crippen LogP contribution in [0.1, 0.15) is 12.8 Å². The van der Waals surface area contributed by atoms with E-state index in [9.17, 15) is 4.79 Å². The second kappa shape index (κ2) is 5.66. The van der Waals surface area contributed by atoms with Crippen molar-refractivity contribution < 1.29 is 4.79 Å². The molecule has 1 heterocycles. The fourth-order valence-corrected chi connectivity index (χ4v) is 2.74. The summed E-state index contributed by atoms with van der Waals surface area (Å²) in [5, 5.41) is 4.23. The van der Waals surface area contributed by atoms with Crippen molar-refractivity contribution in [3.05, 3.63) is 27.2 Å². The largest absolute Gasteiger partial charge is 0.310 e. The Morgan fingerprint density at radius 1 is 1.22 bits per heavy atom. The van der Waals surface area contributed by atoms with Crippen molar-refractivity contribution >= 4 is 46.4 Å². The summed E-state index contributed by atoms with van der Waals surface area (Å²) in [4.78, 5) is 13.9. The number of hydrogen-bond donors (Lipinski definition) is 1. The Morgan fingerprint density at radius 2 is 1.89 bits per heavy atom. The standard InChI is InChI=1S/C12H13Cl3N2O/c1-16-10-3-2-4-17(12(10)18)11-6-8(14)7(13)5-9(11)15/h5-6,10,16H,2-4H2,1H3. The molecule has 0 radical (unpaired) electrons. The van der Waals surface area contributed by atoms with Crippen LogP contribution in [0.2, 0.25) is 15.1 Å². The van der Waals surface area contributed by atoms with Gasteiger partial charge in [0.1, 0.15) is 0 Å². The molecular weight excluding hydrogens is 295 g/mol. The Morgan fingerprint density at radius 3 is 2.56 bits per heavy atom. The van der Waals surface area contributed by atoms with E-state index in [1.54, 1.807) is 24.1 Å². The van der Waals surface area contributed by atoms with Crippen molar-refractivity contribution in [1.29, 1.82) is 0 Å². The molecule has 0 spiro atoms. The lowest BCUT2D eigenvalue weighted by Gasteiger charge is -2.32. The lowest BCUT2D eigenvalue weighted by molar-refractivity contribution is -0.121. The molecule has 2 rings (SSSR count). The minimum absolute atomic E-state index is 0.0176. The maximum atomic E-state index is 12.2. The van der Waals surface area contributed by atoms with E-state index < -0.39 is 0 Å². The third kappa shape index (κ3) is 2.59. The number of nitrogens with one attached hydrogen (secondary N) is 1. The highest BCUT2D eigenvalue weighted by atomic mass is 35.5. The Balaban J connectivity index is 2.36. The van der Waals surface area contributed by atoms with Gasteiger partial charge in [-0.1, -0.05) is 34.8 Å². The fraction of sp³-hybridized carbons (Fsp3) is 0.417. The molecule has 1 saturated heterocycles. The molecule has 1 fully saturated rings. The molecule has 98 valence electrons. The molecule has 1 aliphatic heterocycles. The summed E-state index contributed by atoms with van der Waals surface area (Å²) in [5.74, 6) is 0.0176. The van der Waals surface area contributed by atoms with Gasteiger partial charge in [0.25, 0.3) is 0 Å². The molecule has 1 aliphatic rings. The average Bonchev–Trinajstić information content (AvgIpc) is 2.34. The zero-order valence-corrected chi connectivity index (χ0v) is 12.1. The lowest BCUT2D eigenvalue weighted by atomic mass is 10.0. The number of rotatable bonds is 2. The number of carbonyl (C=O) groups is 1. The van der Waals surface area contributed by atoms with Crippen molar-refractivity contribution in [3.8, 4) is 0 Å². The van der Waals surface area contributed by atoms with Gasteiger partial charge >= 0.3 is 0 Å². The Bertz CT molecular complexity index is 479. The molecule has 0 bridgehead atoms. The molecular formula is C12H13Cl3N2O. The van der Waals surface area contributed by atoms with Crippen molar-refractivity contribution in [3.63, 3.8) is 0 Å². The zero-order valence-electron chi connectivity index (χ0n) is 9.84. The van der Waals surface area contributed by atoms with Gasteiger partial charge in [-0.15, -0.1) is 0 Å². The van der Waals surface area contributed by atoms with E-state index in [1.807, 2.05) is 0 Å². The van der Waals surface area contributed by atoms with Gasteiger partial charge in [-0.25, -0.2) is 0 Å². The van der Waals surface area contributed by atoms with Crippen LogP contribution < -0.4 is 10.2 Å². The lowest BCUT2D eigenvalue weighted by Crippen LogP contribution is -2.49. The van der Waals surface area contributed by atoms with Gasteiger partial charge in [-0.2, -0.15) is 0 Å². The third-order valence-corrected chi connectivity index (χ3v) is 4.09. The number of hydrogen-bond acceptors (Lipinski definition) is 2. The topological polar surface area (TPSA) is 32.3 Å². The predicted octanol–water partition coefficient (Wildman–Crippen LogP) is 3.36. The molecule has 1 amide bonds. The third-order valence-electron chi connectivity index (χ3n) is 3.07. The van der Waals surface area contributed by atoms with Crippen LogP contribution in [-0.2, 0) is 4.79 Å². The van der Waals surface area contributed by atoms with Crippen LogP contribution in [-0.4, -0.2) is 25.5 Å². The highest BCUT2D eigenvalue weighted by Gasteiger charge is 2.29. The minimum atomic E-state index is -0.163. The summed E-state index contributed by atoms with van der Waals surface area (Å²) in [6, 6.07) is 3.04. The predicted molar refractivity (Wildman–Crippen MR) is 75.9 cm³/mol. The van der Waals surface area contributed by atoms with E-state index >= 15 is 0 Å². The van der Waals surface area contributed by atoms with E-state index in [-0.39, 0.29) is 11.9 Å². The van der Waals surface area contributed by atoms with Crippen molar-refractivity contribution in [2.24, 2.45) is 0 Å². The van der Waals surface area contributed by atoms with Gasteiger partial charge in [-0.05, 0) is 32.0 Å². The molecule has 0 saturated carbocycles. The Kier molecular flexibility index (Phi) is 4.38. The quantitative estimate of drug-likeness (QED) is 0.850. The number of likely N-dealkylation sites (N-methyl/N-ethyl adjacent to an activating group) is 1. The molecule has 0 aromatic heterocycles. The molecule has 6 heteroatoms. The van der Waals surface area contributed by atoms with Gasteiger partial charge in [0, 0.05) is 6.54 Å². The number of anilines is 1. The number of amides is 1. The van der Waals surface area contributed by atoms with E-state index in [0.29, 0.717) is 27.3 Å². The minimum Gasteiger partial charge on any atom is -0.310 e. The molecule has 3 nitrogen and oxygen atoms in total. The maximum Gasteiger partial charge on any atom is 0.244 e. The highest BCUT2D eigenvalue weighted by molar-refractivity contribution is 6.44. The van der Waals surface area contributed by atoms with Gasteiger partial charge < -0.3 is 10.2 Å². The van der Waals surface area contributed by atoms with E-state index in [4.69, 9.17) is 34.8 Å². The summed E-state index contributed by atoms with van der Waals surface area (Å²) in [7, 11) is 1.78. The Labute approximate surface area is 121 Å². The average molecular weight is 308 g/mol.